The second-order valence-corrected chi connectivity index (χ2v) is 7.58. The van der Waals surface area contributed by atoms with E-state index in [-0.39, 0.29) is 24.7 Å². The van der Waals surface area contributed by atoms with E-state index >= 15 is 0 Å². The highest BCUT2D eigenvalue weighted by atomic mass is 32.2. The number of anilines is 2. The summed E-state index contributed by atoms with van der Waals surface area (Å²) < 4.78 is 19.0. The van der Waals surface area contributed by atoms with E-state index in [1.54, 1.807) is 42.1 Å². The summed E-state index contributed by atoms with van der Waals surface area (Å²) in [6, 6.07) is 11.8. The number of thioether (sulfide) groups is 1. The molecule has 0 spiro atoms. The highest BCUT2D eigenvalue weighted by Crippen LogP contribution is 2.26. The number of halogens is 1. The molecule has 1 fully saturated rings. The fourth-order valence-electron chi connectivity index (χ4n) is 2.97. The fourth-order valence-corrected chi connectivity index (χ4v) is 3.45. The van der Waals surface area contributed by atoms with E-state index in [9.17, 15) is 18.8 Å². The second-order valence-electron chi connectivity index (χ2n) is 6.59. The van der Waals surface area contributed by atoms with Gasteiger partial charge in [0.1, 0.15) is 18.5 Å². The lowest BCUT2D eigenvalue weighted by molar-refractivity contribution is -0.118. The molecule has 2 aromatic carbocycles. The van der Waals surface area contributed by atoms with E-state index < -0.39 is 23.9 Å². The topological polar surface area (TPSA) is 87.7 Å². The zero-order chi connectivity index (χ0) is 21.5. The minimum atomic E-state index is -0.768. The Morgan fingerprint density at radius 3 is 2.67 bits per heavy atom. The van der Waals surface area contributed by atoms with Crippen LogP contribution in [0.2, 0.25) is 0 Å². The largest absolute Gasteiger partial charge is 0.447 e. The molecule has 158 valence electrons. The first-order valence-corrected chi connectivity index (χ1v) is 10.8. The summed E-state index contributed by atoms with van der Waals surface area (Å²) in [5, 5.41) is 5.46. The molecule has 9 heteroatoms. The number of amides is 3. The zero-order valence-electron chi connectivity index (χ0n) is 16.4. The van der Waals surface area contributed by atoms with Crippen LogP contribution in [-0.4, -0.2) is 49.1 Å². The quantitative estimate of drug-likeness (QED) is 0.670. The third-order valence-corrected chi connectivity index (χ3v) is 5.18. The Morgan fingerprint density at radius 2 is 2.00 bits per heavy atom. The molecular formula is C21H22FN3O4S. The van der Waals surface area contributed by atoms with E-state index in [1.807, 2.05) is 6.26 Å². The van der Waals surface area contributed by atoms with Gasteiger partial charge in [-0.15, -0.1) is 0 Å². The molecular weight excluding hydrogens is 409 g/mol. The lowest BCUT2D eigenvalue weighted by atomic mass is 10.1. The van der Waals surface area contributed by atoms with Crippen molar-refractivity contribution >= 4 is 41.0 Å². The summed E-state index contributed by atoms with van der Waals surface area (Å²) in [4.78, 5) is 38.2. The molecule has 3 rings (SSSR count). The maximum absolute atomic E-state index is 14.2. The molecule has 0 aromatic heterocycles. The first-order valence-electron chi connectivity index (χ1n) is 9.39. The predicted octanol–water partition coefficient (Wildman–Crippen LogP) is 3.27. The standard InChI is InChI=1S/C21H22FN3O4S/c1-30-12-9-17(24-19(26)14-5-3-2-4-6-14)20(27)23-15-7-8-16(22)18(13-15)25-10-11-29-21(25)28/h2-8,13,17H,9-12H2,1H3,(H,23,27)(H,24,26). The molecule has 3 amide bonds. The van der Waals surface area contributed by atoms with E-state index in [0.29, 0.717) is 23.4 Å². The number of nitrogens with zero attached hydrogens (tertiary/aromatic N) is 1. The minimum Gasteiger partial charge on any atom is -0.447 e. The van der Waals surface area contributed by atoms with Gasteiger partial charge < -0.3 is 15.4 Å². The van der Waals surface area contributed by atoms with Gasteiger partial charge >= 0.3 is 6.09 Å². The molecule has 1 unspecified atom stereocenters. The number of nitrogens with one attached hydrogen (secondary N) is 2. The molecule has 30 heavy (non-hydrogen) atoms. The average molecular weight is 431 g/mol. The maximum atomic E-state index is 14.2. The Bertz CT molecular complexity index is 926. The molecule has 1 aliphatic heterocycles. The zero-order valence-corrected chi connectivity index (χ0v) is 17.2. The van der Waals surface area contributed by atoms with Crippen molar-refractivity contribution in [2.75, 3.05) is 35.4 Å². The Balaban J connectivity index is 1.73. The van der Waals surface area contributed by atoms with Crippen LogP contribution in [0.3, 0.4) is 0 Å². The number of ether oxygens (including phenoxy) is 1. The van der Waals surface area contributed by atoms with E-state index in [0.717, 1.165) is 0 Å². The summed E-state index contributed by atoms with van der Waals surface area (Å²) in [5.74, 6) is -0.698. The summed E-state index contributed by atoms with van der Waals surface area (Å²) in [7, 11) is 0. The molecule has 1 atom stereocenters. The molecule has 0 radical (unpaired) electrons. The van der Waals surface area contributed by atoms with Gasteiger partial charge in [-0.05, 0) is 48.8 Å². The summed E-state index contributed by atoms with van der Waals surface area (Å²) >= 11 is 1.56. The summed E-state index contributed by atoms with van der Waals surface area (Å²) in [6.07, 6.45) is 1.71. The average Bonchev–Trinajstić information content (AvgIpc) is 3.18. The van der Waals surface area contributed by atoms with Gasteiger partial charge in [-0.25, -0.2) is 9.18 Å². The highest BCUT2D eigenvalue weighted by Gasteiger charge is 2.27. The predicted molar refractivity (Wildman–Crippen MR) is 114 cm³/mol. The molecule has 1 heterocycles. The van der Waals surface area contributed by atoms with Crippen molar-refractivity contribution in [3.05, 3.63) is 59.9 Å². The maximum Gasteiger partial charge on any atom is 0.414 e. The normalized spacial score (nSPS) is 14.2. The highest BCUT2D eigenvalue weighted by molar-refractivity contribution is 7.98. The molecule has 0 aliphatic carbocycles. The Morgan fingerprint density at radius 1 is 1.23 bits per heavy atom. The van der Waals surface area contributed by atoms with E-state index in [4.69, 9.17) is 4.74 Å². The van der Waals surface area contributed by atoms with Crippen molar-refractivity contribution in [2.45, 2.75) is 12.5 Å². The van der Waals surface area contributed by atoms with Gasteiger partial charge in [0.05, 0.1) is 12.2 Å². The van der Waals surface area contributed by atoms with Crippen molar-refractivity contribution in [3.8, 4) is 0 Å². The van der Waals surface area contributed by atoms with Gasteiger partial charge in [0.15, 0.2) is 0 Å². The number of benzene rings is 2. The third kappa shape index (κ3) is 5.29. The summed E-state index contributed by atoms with van der Waals surface area (Å²) in [5.41, 5.74) is 0.805. The van der Waals surface area contributed by atoms with Crippen LogP contribution in [0.5, 0.6) is 0 Å². The molecule has 1 aliphatic rings. The number of hydrogen-bond donors (Lipinski definition) is 2. The van der Waals surface area contributed by atoms with Gasteiger partial charge in [-0.3, -0.25) is 14.5 Å². The molecule has 1 saturated heterocycles. The van der Waals surface area contributed by atoms with E-state index in [1.165, 1.54) is 23.1 Å². The lowest BCUT2D eigenvalue weighted by Gasteiger charge is -2.19. The lowest BCUT2D eigenvalue weighted by Crippen LogP contribution is -2.44. The van der Waals surface area contributed by atoms with Crippen LogP contribution in [0.1, 0.15) is 16.8 Å². The summed E-state index contributed by atoms with van der Waals surface area (Å²) in [6.45, 7) is 0.410. The molecule has 2 aromatic rings. The van der Waals surface area contributed by atoms with Crippen LogP contribution < -0.4 is 15.5 Å². The van der Waals surface area contributed by atoms with Crippen molar-refractivity contribution in [1.82, 2.24) is 5.32 Å². The SMILES string of the molecule is CSCCC(NC(=O)c1ccccc1)C(=O)Nc1ccc(F)c(N2CCOC2=O)c1. The number of rotatable bonds is 8. The molecule has 2 N–H and O–H groups in total. The third-order valence-electron chi connectivity index (χ3n) is 4.53. The molecule has 0 bridgehead atoms. The minimum absolute atomic E-state index is 0.0317. The van der Waals surface area contributed by atoms with Crippen molar-refractivity contribution in [3.63, 3.8) is 0 Å². The van der Waals surface area contributed by atoms with E-state index in [2.05, 4.69) is 10.6 Å². The van der Waals surface area contributed by atoms with Crippen LogP contribution in [0.15, 0.2) is 48.5 Å². The monoisotopic (exact) mass is 431 g/mol. The fraction of sp³-hybridized carbons (Fsp3) is 0.286. The first-order chi connectivity index (χ1) is 14.5. The smallest absolute Gasteiger partial charge is 0.414 e. The van der Waals surface area contributed by atoms with Crippen molar-refractivity contribution < 1.29 is 23.5 Å². The van der Waals surface area contributed by atoms with Gasteiger partial charge in [-0.1, -0.05) is 18.2 Å². The van der Waals surface area contributed by atoms with Crippen LogP contribution in [0.25, 0.3) is 0 Å². The van der Waals surface area contributed by atoms with Crippen LogP contribution in [-0.2, 0) is 9.53 Å². The number of hydrogen-bond acceptors (Lipinski definition) is 5. The van der Waals surface area contributed by atoms with Gasteiger partial charge in [0.2, 0.25) is 5.91 Å². The van der Waals surface area contributed by atoms with Crippen molar-refractivity contribution in [2.24, 2.45) is 0 Å². The first kappa shape index (κ1) is 21.6. The van der Waals surface area contributed by atoms with Gasteiger partial charge in [-0.2, -0.15) is 11.8 Å². The van der Waals surface area contributed by atoms with Crippen molar-refractivity contribution in [1.29, 1.82) is 0 Å². The number of cyclic esters (lactones) is 1. The van der Waals surface area contributed by atoms with Crippen LogP contribution in [0.4, 0.5) is 20.6 Å². The number of carbonyl (C=O) groups is 3. The number of carbonyl (C=O) groups excluding carboxylic acids is 3. The Hall–Kier alpha value is -3.07. The molecule has 0 saturated carbocycles. The van der Waals surface area contributed by atoms with Crippen LogP contribution in [0, 0.1) is 5.82 Å². The molecule has 7 nitrogen and oxygen atoms in total. The Labute approximate surface area is 178 Å². The van der Waals surface area contributed by atoms with Gasteiger partial charge in [0, 0.05) is 11.3 Å². The Kier molecular flexibility index (Phi) is 7.29. The van der Waals surface area contributed by atoms with Crippen LogP contribution >= 0.6 is 11.8 Å². The van der Waals surface area contributed by atoms with Gasteiger partial charge in [0.25, 0.3) is 5.91 Å². The second kappa shape index (κ2) is 10.1.